The van der Waals surface area contributed by atoms with Crippen LogP contribution in [0.3, 0.4) is 0 Å². The van der Waals surface area contributed by atoms with E-state index in [-0.39, 0.29) is 11.9 Å². The molecule has 1 fully saturated rings. The number of hydrogen-bond acceptors (Lipinski definition) is 4. The molecule has 0 bridgehead atoms. The molecule has 2 rings (SSSR count). The molecular weight excluding hydrogens is 230 g/mol. The molecule has 1 aromatic rings. The van der Waals surface area contributed by atoms with Crippen LogP contribution in [-0.4, -0.2) is 48.6 Å². The average molecular weight is 249 g/mol. The van der Waals surface area contributed by atoms with Gasteiger partial charge in [0.2, 0.25) is 5.91 Å². The number of nitrogens with zero attached hydrogens (tertiary/aromatic N) is 2. The zero-order valence-corrected chi connectivity index (χ0v) is 10.6. The van der Waals surface area contributed by atoms with E-state index < -0.39 is 0 Å². The maximum absolute atomic E-state index is 11.9. The SMILES string of the molecule is CC(NCC(=O)N1CCOCC1)c1ccncc1. The molecule has 18 heavy (non-hydrogen) atoms. The summed E-state index contributed by atoms with van der Waals surface area (Å²) in [7, 11) is 0. The largest absolute Gasteiger partial charge is 0.378 e. The van der Waals surface area contributed by atoms with Crippen molar-refractivity contribution in [2.45, 2.75) is 13.0 Å². The number of nitrogens with one attached hydrogen (secondary N) is 1. The Balaban J connectivity index is 1.78. The molecular formula is C13H19N3O2. The smallest absolute Gasteiger partial charge is 0.236 e. The number of hydrogen-bond donors (Lipinski definition) is 1. The van der Waals surface area contributed by atoms with Crippen LogP contribution in [0.5, 0.6) is 0 Å². The van der Waals surface area contributed by atoms with Gasteiger partial charge >= 0.3 is 0 Å². The van der Waals surface area contributed by atoms with Crippen LogP contribution in [-0.2, 0) is 9.53 Å². The van der Waals surface area contributed by atoms with Crippen LogP contribution < -0.4 is 5.32 Å². The highest BCUT2D eigenvalue weighted by Crippen LogP contribution is 2.09. The van der Waals surface area contributed by atoms with Crippen molar-refractivity contribution in [1.29, 1.82) is 0 Å². The van der Waals surface area contributed by atoms with Gasteiger partial charge in [-0.1, -0.05) is 0 Å². The molecule has 0 spiro atoms. The van der Waals surface area contributed by atoms with Gasteiger partial charge in [-0.3, -0.25) is 9.78 Å². The molecule has 0 aliphatic carbocycles. The molecule has 1 N–H and O–H groups in total. The number of morpholine rings is 1. The van der Waals surface area contributed by atoms with Gasteiger partial charge in [0.1, 0.15) is 0 Å². The van der Waals surface area contributed by atoms with E-state index in [1.165, 1.54) is 0 Å². The quantitative estimate of drug-likeness (QED) is 0.848. The molecule has 2 heterocycles. The minimum absolute atomic E-state index is 0.138. The second-order valence-corrected chi connectivity index (χ2v) is 4.38. The normalized spacial score (nSPS) is 17.5. The second kappa shape index (κ2) is 6.47. The number of carbonyl (C=O) groups is 1. The fourth-order valence-electron chi connectivity index (χ4n) is 1.93. The first-order valence-corrected chi connectivity index (χ1v) is 6.26. The first-order chi connectivity index (χ1) is 8.77. The van der Waals surface area contributed by atoms with Gasteiger partial charge in [0, 0.05) is 31.5 Å². The lowest BCUT2D eigenvalue weighted by Crippen LogP contribution is -2.45. The molecule has 1 aliphatic rings. The fraction of sp³-hybridized carbons (Fsp3) is 0.538. The van der Waals surface area contributed by atoms with Gasteiger partial charge in [-0.15, -0.1) is 0 Å². The maximum atomic E-state index is 11.9. The topological polar surface area (TPSA) is 54.5 Å². The van der Waals surface area contributed by atoms with E-state index in [1.54, 1.807) is 12.4 Å². The molecule has 5 heteroatoms. The van der Waals surface area contributed by atoms with E-state index in [4.69, 9.17) is 4.74 Å². The van der Waals surface area contributed by atoms with E-state index in [2.05, 4.69) is 10.3 Å². The Bertz CT molecular complexity index is 377. The molecule has 0 saturated carbocycles. The minimum atomic E-state index is 0.138. The van der Waals surface area contributed by atoms with Gasteiger partial charge in [-0.25, -0.2) is 0 Å². The minimum Gasteiger partial charge on any atom is -0.378 e. The number of aromatic nitrogens is 1. The molecule has 1 amide bonds. The highest BCUT2D eigenvalue weighted by Gasteiger charge is 2.17. The number of carbonyl (C=O) groups excluding carboxylic acids is 1. The Morgan fingerprint density at radius 1 is 1.44 bits per heavy atom. The van der Waals surface area contributed by atoms with Crippen LogP contribution in [0, 0.1) is 0 Å². The van der Waals surface area contributed by atoms with Crippen molar-refractivity contribution in [3.63, 3.8) is 0 Å². The number of amides is 1. The molecule has 98 valence electrons. The van der Waals surface area contributed by atoms with Crippen LogP contribution in [0.2, 0.25) is 0 Å². The van der Waals surface area contributed by atoms with E-state index in [0.29, 0.717) is 32.8 Å². The first-order valence-electron chi connectivity index (χ1n) is 6.26. The Labute approximate surface area is 107 Å². The number of ether oxygens (including phenoxy) is 1. The van der Waals surface area contributed by atoms with Gasteiger partial charge in [-0.2, -0.15) is 0 Å². The summed E-state index contributed by atoms with van der Waals surface area (Å²) in [5, 5.41) is 3.24. The third-order valence-electron chi connectivity index (χ3n) is 3.13. The van der Waals surface area contributed by atoms with E-state index in [1.807, 2.05) is 24.0 Å². The Kier molecular flexibility index (Phi) is 4.66. The summed E-state index contributed by atoms with van der Waals surface area (Å²) in [5.74, 6) is 0.138. The standard InChI is InChI=1S/C13H19N3O2/c1-11(12-2-4-14-5-3-12)15-10-13(17)16-6-8-18-9-7-16/h2-5,11,15H,6-10H2,1H3. The summed E-state index contributed by atoms with van der Waals surface area (Å²) >= 11 is 0. The maximum Gasteiger partial charge on any atom is 0.236 e. The summed E-state index contributed by atoms with van der Waals surface area (Å²) in [6, 6.07) is 4.06. The zero-order valence-electron chi connectivity index (χ0n) is 10.6. The molecule has 1 saturated heterocycles. The summed E-state index contributed by atoms with van der Waals surface area (Å²) in [5.41, 5.74) is 1.14. The van der Waals surface area contributed by atoms with Gasteiger partial charge in [0.05, 0.1) is 19.8 Å². The van der Waals surface area contributed by atoms with Crippen molar-refractivity contribution in [2.75, 3.05) is 32.8 Å². The van der Waals surface area contributed by atoms with E-state index >= 15 is 0 Å². The lowest BCUT2D eigenvalue weighted by Gasteiger charge is -2.27. The summed E-state index contributed by atoms with van der Waals surface area (Å²) in [6.45, 7) is 5.09. The predicted octanol–water partition coefficient (Wildman–Crippen LogP) is 0.591. The Morgan fingerprint density at radius 3 is 2.78 bits per heavy atom. The van der Waals surface area contributed by atoms with E-state index in [9.17, 15) is 4.79 Å². The van der Waals surface area contributed by atoms with E-state index in [0.717, 1.165) is 5.56 Å². The van der Waals surface area contributed by atoms with Gasteiger partial charge < -0.3 is 15.0 Å². The Hall–Kier alpha value is -1.46. The average Bonchev–Trinajstić information content (AvgIpc) is 2.46. The number of pyridine rings is 1. The van der Waals surface area contributed by atoms with Crippen molar-refractivity contribution < 1.29 is 9.53 Å². The molecule has 1 aliphatic heterocycles. The summed E-state index contributed by atoms with van der Waals surface area (Å²) in [4.78, 5) is 17.8. The van der Waals surface area contributed by atoms with Crippen LogP contribution in [0.25, 0.3) is 0 Å². The van der Waals surface area contributed by atoms with Crippen LogP contribution in [0.1, 0.15) is 18.5 Å². The van der Waals surface area contributed by atoms with Crippen LogP contribution >= 0.6 is 0 Å². The lowest BCUT2D eigenvalue weighted by atomic mass is 10.1. The van der Waals surface area contributed by atoms with Gasteiger partial charge in [-0.05, 0) is 24.6 Å². The van der Waals surface area contributed by atoms with Crippen molar-refractivity contribution in [3.05, 3.63) is 30.1 Å². The van der Waals surface area contributed by atoms with Crippen molar-refractivity contribution >= 4 is 5.91 Å². The summed E-state index contributed by atoms with van der Waals surface area (Å²) < 4.78 is 5.22. The highest BCUT2D eigenvalue weighted by atomic mass is 16.5. The van der Waals surface area contributed by atoms with Crippen LogP contribution in [0.4, 0.5) is 0 Å². The molecule has 0 aromatic carbocycles. The Morgan fingerprint density at radius 2 is 2.11 bits per heavy atom. The highest BCUT2D eigenvalue weighted by molar-refractivity contribution is 5.78. The van der Waals surface area contributed by atoms with Crippen molar-refractivity contribution in [2.24, 2.45) is 0 Å². The lowest BCUT2D eigenvalue weighted by molar-refractivity contribution is -0.134. The zero-order chi connectivity index (χ0) is 12.8. The third-order valence-corrected chi connectivity index (χ3v) is 3.13. The van der Waals surface area contributed by atoms with Crippen LogP contribution in [0.15, 0.2) is 24.5 Å². The molecule has 1 atom stereocenters. The summed E-state index contributed by atoms with van der Waals surface area (Å²) in [6.07, 6.45) is 3.52. The van der Waals surface area contributed by atoms with Crippen molar-refractivity contribution in [1.82, 2.24) is 15.2 Å². The van der Waals surface area contributed by atoms with Crippen molar-refractivity contribution in [3.8, 4) is 0 Å². The van der Waals surface area contributed by atoms with Gasteiger partial charge in [0.15, 0.2) is 0 Å². The van der Waals surface area contributed by atoms with Gasteiger partial charge in [0.25, 0.3) is 0 Å². The fourth-order valence-corrected chi connectivity index (χ4v) is 1.93. The monoisotopic (exact) mass is 249 g/mol. The number of rotatable bonds is 4. The first kappa shape index (κ1) is 13.0. The predicted molar refractivity (Wildman–Crippen MR) is 68.1 cm³/mol. The molecule has 1 aromatic heterocycles. The molecule has 5 nitrogen and oxygen atoms in total. The second-order valence-electron chi connectivity index (χ2n) is 4.38. The molecule has 0 radical (unpaired) electrons. The third kappa shape index (κ3) is 3.51. The molecule has 1 unspecified atom stereocenters.